The summed E-state index contributed by atoms with van der Waals surface area (Å²) in [4.78, 5) is 61.1. The second-order valence-electron chi connectivity index (χ2n) is 6.40. The molecule has 2 atom stereocenters. The standard InChI is InChI=1S/C17H19N3O6S/c21-13(18-19-15(23)12-6-3-7-27-12)9-26-14(22)8-20-16(24)10-4-1-2-5-11(10)17(20)25/h3,6-7,10-11H,1-2,4-5,8-9H2,(H,18,21)(H,19,23)/t10-,11-/m0/s1. The summed E-state index contributed by atoms with van der Waals surface area (Å²) in [7, 11) is 0. The minimum Gasteiger partial charge on any atom is -0.454 e. The van der Waals surface area contributed by atoms with Crippen LogP contribution in [0.15, 0.2) is 17.5 Å². The smallest absolute Gasteiger partial charge is 0.326 e. The summed E-state index contributed by atoms with van der Waals surface area (Å²) >= 11 is 1.21. The Bertz CT molecular complexity index is 739. The molecule has 2 N–H and O–H groups in total. The van der Waals surface area contributed by atoms with Crippen molar-refractivity contribution >= 4 is 40.9 Å². The number of amides is 4. The topological polar surface area (TPSA) is 122 Å². The van der Waals surface area contributed by atoms with Crippen molar-refractivity contribution in [1.82, 2.24) is 15.8 Å². The van der Waals surface area contributed by atoms with Gasteiger partial charge in [0.1, 0.15) is 6.54 Å². The van der Waals surface area contributed by atoms with Gasteiger partial charge in [-0.25, -0.2) is 0 Å². The average molecular weight is 393 g/mol. The highest BCUT2D eigenvalue weighted by Gasteiger charge is 2.48. The third-order valence-electron chi connectivity index (χ3n) is 4.64. The van der Waals surface area contributed by atoms with Crippen LogP contribution in [0.1, 0.15) is 35.4 Å². The van der Waals surface area contributed by atoms with Crippen LogP contribution in [0.2, 0.25) is 0 Å². The highest BCUT2D eigenvalue weighted by Crippen LogP contribution is 2.37. The zero-order valence-corrected chi connectivity index (χ0v) is 15.3. The van der Waals surface area contributed by atoms with Gasteiger partial charge in [-0.3, -0.25) is 39.7 Å². The van der Waals surface area contributed by atoms with Gasteiger partial charge in [-0.05, 0) is 24.3 Å². The number of hydrazine groups is 1. The number of thiophene rings is 1. The van der Waals surface area contributed by atoms with Crippen molar-refractivity contribution < 1.29 is 28.7 Å². The molecule has 1 saturated carbocycles. The summed E-state index contributed by atoms with van der Waals surface area (Å²) in [5.41, 5.74) is 4.31. The summed E-state index contributed by atoms with van der Waals surface area (Å²) in [5, 5.41) is 1.72. The minimum absolute atomic E-state index is 0.338. The number of rotatable bonds is 5. The van der Waals surface area contributed by atoms with Crippen molar-refractivity contribution in [3.63, 3.8) is 0 Å². The Balaban J connectivity index is 1.41. The van der Waals surface area contributed by atoms with Gasteiger partial charge in [0.25, 0.3) is 11.8 Å². The molecule has 1 aromatic heterocycles. The van der Waals surface area contributed by atoms with Crippen molar-refractivity contribution in [2.75, 3.05) is 13.2 Å². The summed E-state index contributed by atoms with van der Waals surface area (Å²) in [6.07, 6.45) is 3.12. The predicted octanol–water partition coefficient (Wildman–Crippen LogP) is 0.228. The molecule has 0 radical (unpaired) electrons. The van der Waals surface area contributed by atoms with E-state index in [9.17, 15) is 24.0 Å². The van der Waals surface area contributed by atoms with Gasteiger partial charge in [-0.1, -0.05) is 18.9 Å². The van der Waals surface area contributed by atoms with Gasteiger partial charge in [0.2, 0.25) is 11.8 Å². The third-order valence-corrected chi connectivity index (χ3v) is 5.51. The molecule has 1 aliphatic heterocycles. The second-order valence-corrected chi connectivity index (χ2v) is 7.35. The van der Waals surface area contributed by atoms with E-state index in [4.69, 9.17) is 4.74 Å². The lowest BCUT2D eigenvalue weighted by Gasteiger charge is -2.19. The molecule has 1 saturated heterocycles. The van der Waals surface area contributed by atoms with E-state index in [1.807, 2.05) is 0 Å². The zero-order valence-electron chi connectivity index (χ0n) is 14.4. The van der Waals surface area contributed by atoms with Gasteiger partial charge in [0.05, 0.1) is 16.7 Å². The quantitative estimate of drug-likeness (QED) is 0.419. The van der Waals surface area contributed by atoms with E-state index >= 15 is 0 Å². The maximum atomic E-state index is 12.3. The molecule has 3 rings (SSSR count). The second kappa shape index (κ2) is 8.30. The van der Waals surface area contributed by atoms with Gasteiger partial charge < -0.3 is 4.74 Å². The van der Waals surface area contributed by atoms with Crippen molar-refractivity contribution in [3.05, 3.63) is 22.4 Å². The van der Waals surface area contributed by atoms with Crippen LogP contribution in [0.25, 0.3) is 0 Å². The van der Waals surface area contributed by atoms with Crippen LogP contribution in [0.5, 0.6) is 0 Å². The zero-order chi connectivity index (χ0) is 19.4. The molecular formula is C17H19N3O6S. The first-order chi connectivity index (χ1) is 13.0. The van der Waals surface area contributed by atoms with E-state index in [0.29, 0.717) is 17.7 Å². The van der Waals surface area contributed by atoms with Crippen LogP contribution in [0.3, 0.4) is 0 Å². The van der Waals surface area contributed by atoms with E-state index < -0.39 is 30.9 Å². The lowest BCUT2D eigenvalue weighted by molar-refractivity contribution is -0.155. The van der Waals surface area contributed by atoms with Gasteiger partial charge in [-0.2, -0.15) is 0 Å². The van der Waals surface area contributed by atoms with E-state index in [2.05, 4.69) is 10.9 Å². The van der Waals surface area contributed by atoms with Gasteiger partial charge >= 0.3 is 5.97 Å². The fourth-order valence-corrected chi connectivity index (χ4v) is 3.96. The summed E-state index contributed by atoms with van der Waals surface area (Å²) in [6, 6.07) is 3.29. The highest BCUT2D eigenvalue weighted by atomic mass is 32.1. The van der Waals surface area contributed by atoms with Crippen LogP contribution in [-0.4, -0.2) is 47.6 Å². The molecule has 1 aliphatic carbocycles. The Hall–Kier alpha value is -2.75. The molecule has 2 aliphatic rings. The summed E-state index contributed by atoms with van der Waals surface area (Å²) in [5.74, 6) is -3.43. The monoisotopic (exact) mass is 393 g/mol. The van der Waals surface area contributed by atoms with Crippen LogP contribution in [-0.2, 0) is 23.9 Å². The molecule has 0 unspecified atom stereocenters. The maximum Gasteiger partial charge on any atom is 0.326 e. The third kappa shape index (κ3) is 4.33. The molecule has 2 heterocycles. The van der Waals surface area contributed by atoms with E-state index in [1.165, 1.54) is 11.3 Å². The summed E-state index contributed by atoms with van der Waals surface area (Å²) < 4.78 is 4.79. The fourth-order valence-electron chi connectivity index (χ4n) is 3.34. The molecule has 0 aromatic carbocycles. The molecule has 10 heteroatoms. The number of ether oxygens (including phenoxy) is 1. The molecule has 4 amide bonds. The first-order valence-electron chi connectivity index (χ1n) is 8.61. The largest absolute Gasteiger partial charge is 0.454 e. The van der Waals surface area contributed by atoms with Gasteiger partial charge in [0, 0.05) is 0 Å². The molecule has 0 bridgehead atoms. The van der Waals surface area contributed by atoms with E-state index in [-0.39, 0.29) is 23.7 Å². The normalized spacial score (nSPS) is 21.6. The number of carbonyl (C=O) groups excluding carboxylic acids is 5. The average Bonchev–Trinajstić information content (AvgIpc) is 3.29. The Morgan fingerprint density at radius 1 is 1.11 bits per heavy atom. The summed E-state index contributed by atoms with van der Waals surface area (Å²) in [6.45, 7) is -1.13. The van der Waals surface area contributed by atoms with Gasteiger partial charge in [0.15, 0.2) is 6.61 Å². The first kappa shape index (κ1) is 19.0. The van der Waals surface area contributed by atoms with Crippen LogP contribution in [0, 0.1) is 11.8 Å². The molecule has 144 valence electrons. The molecular weight excluding hydrogens is 374 g/mol. The minimum atomic E-state index is -0.852. The van der Waals surface area contributed by atoms with E-state index in [0.717, 1.165) is 17.7 Å². The van der Waals surface area contributed by atoms with Crippen LogP contribution >= 0.6 is 11.3 Å². The molecule has 9 nitrogen and oxygen atoms in total. The molecule has 0 spiro atoms. The maximum absolute atomic E-state index is 12.3. The Kier molecular flexibility index (Phi) is 5.84. The molecule has 27 heavy (non-hydrogen) atoms. The van der Waals surface area contributed by atoms with Crippen molar-refractivity contribution in [2.24, 2.45) is 11.8 Å². The lowest BCUT2D eigenvalue weighted by atomic mass is 9.81. The number of hydrogen-bond acceptors (Lipinski definition) is 7. The Morgan fingerprint density at radius 3 is 2.37 bits per heavy atom. The molecule has 1 aromatic rings. The number of imide groups is 1. The van der Waals surface area contributed by atoms with Gasteiger partial charge in [-0.15, -0.1) is 11.3 Å². The number of likely N-dealkylation sites (tertiary alicyclic amines) is 1. The SMILES string of the molecule is O=C(COC(=O)CN1C(=O)[C@H]2CCCC[C@@H]2C1=O)NNC(=O)c1cccs1. The Morgan fingerprint density at radius 2 is 1.78 bits per heavy atom. The predicted molar refractivity (Wildman–Crippen MR) is 93.1 cm³/mol. The van der Waals surface area contributed by atoms with Crippen LogP contribution < -0.4 is 10.9 Å². The molecule has 2 fully saturated rings. The fraction of sp³-hybridized carbons (Fsp3) is 0.471. The van der Waals surface area contributed by atoms with Crippen molar-refractivity contribution in [3.8, 4) is 0 Å². The number of carbonyl (C=O) groups is 5. The lowest BCUT2D eigenvalue weighted by Crippen LogP contribution is -2.44. The number of nitrogens with one attached hydrogen (secondary N) is 2. The Labute approximate surface area is 159 Å². The van der Waals surface area contributed by atoms with Crippen molar-refractivity contribution in [2.45, 2.75) is 25.7 Å². The number of fused-ring (bicyclic) bond motifs is 1. The number of esters is 1. The van der Waals surface area contributed by atoms with Crippen molar-refractivity contribution in [1.29, 1.82) is 0 Å². The van der Waals surface area contributed by atoms with E-state index in [1.54, 1.807) is 17.5 Å². The number of nitrogens with zero attached hydrogens (tertiary/aromatic N) is 1. The highest BCUT2D eigenvalue weighted by molar-refractivity contribution is 7.12. The first-order valence-corrected chi connectivity index (χ1v) is 9.49. The number of hydrogen-bond donors (Lipinski definition) is 2. The van der Waals surface area contributed by atoms with Crippen LogP contribution in [0.4, 0.5) is 0 Å².